The molecular weight excluding hydrogens is 420 g/mol. The molecule has 1 fully saturated rings. The molecule has 4 aromatic rings. The molecule has 5 nitrogen and oxygen atoms in total. The third-order valence-corrected chi connectivity index (χ3v) is 6.37. The van der Waals surface area contributed by atoms with E-state index in [4.69, 9.17) is 11.6 Å². The van der Waals surface area contributed by atoms with Crippen LogP contribution in [-0.2, 0) is 6.54 Å². The minimum Gasteiger partial charge on any atom is -0.369 e. The van der Waals surface area contributed by atoms with Crippen LogP contribution < -0.4 is 10.2 Å². The van der Waals surface area contributed by atoms with Crippen molar-refractivity contribution in [2.75, 3.05) is 36.4 Å². The first-order valence-corrected chi connectivity index (χ1v) is 11.2. The van der Waals surface area contributed by atoms with Crippen LogP contribution in [0.5, 0.6) is 0 Å². The zero-order valence-corrected chi connectivity index (χ0v) is 18.5. The number of carbonyl (C=O) groups is 1. The Kier molecular flexibility index (Phi) is 5.84. The maximum atomic E-state index is 12.7. The lowest BCUT2D eigenvalue weighted by Crippen LogP contribution is -2.45. The summed E-state index contributed by atoms with van der Waals surface area (Å²) in [6.45, 7) is 5.04. The summed E-state index contributed by atoms with van der Waals surface area (Å²) in [5, 5.41) is 4.24. The number of aromatic amines is 1. The monoisotopic (exact) mass is 444 g/mol. The Morgan fingerprint density at radius 2 is 1.56 bits per heavy atom. The quantitative estimate of drug-likeness (QED) is 0.433. The van der Waals surface area contributed by atoms with Crippen molar-refractivity contribution in [2.45, 2.75) is 6.54 Å². The van der Waals surface area contributed by atoms with Crippen molar-refractivity contribution in [1.82, 2.24) is 9.88 Å². The van der Waals surface area contributed by atoms with E-state index in [1.54, 1.807) is 0 Å². The second kappa shape index (κ2) is 9.07. The number of H-pyrrole nitrogens is 1. The number of rotatable bonds is 5. The van der Waals surface area contributed by atoms with Crippen molar-refractivity contribution < 1.29 is 4.79 Å². The number of carbonyl (C=O) groups excluding carboxylic acids is 1. The van der Waals surface area contributed by atoms with Gasteiger partial charge in [0.05, 0.1) is 5.02 Å². The molecule has 0 atom stereocenters. The standard InChI is InChI=1S/C26H25ClN4O/c27-24-22-8-4-5-9-23(22)29-25(24)26(32)28-20-10-12-21(13-11-20)31-16-14-30(15-17-31)18-19-6-2-1-3-7-19/h1-13,29H,14-18H2,(H,28,32). The summed E-state index contributed by atoms with van der Waals surface area (Å²) >= 11 is 6.41. The predicted molar refractivity (Wildman–Crippen MR) is 132 cm³/mol. The minimum atomic E-state index is -0.242. The largest absolute Gasteiger partial charge is 0.369 e. The first-order valence-electron chi connectivity index (χ1n) is 10.9. The number of amides is 1. The summed E-state index contributed by atoms with van der Waals surface area (Å²) in [4.78, 5) is 20.7. The molecule has 0 spiro atoms. The van der Waals surface area contributed by atoms with Crippen LogP contribution in [0, 0.1) is 0 Å². The summed E-state index contributed by atoms with van der Waals surface area (Å²) < 4.78 is 0. The fourth-order valence-electron chi connectivity index (χ4n) is 4.22. The van der Waals surface area contributed by atoms with Gasteiger partial charge in [0, 0.05) is 55.0 Å². The molecule has 6 heteroatoms. The first kappa shape index (κ1) is 20.6. The molecule has 1 aromatic heterocycles. The van der Waals surface area contributed by atoms with Crippen molar-refractivity contribution in [2.24, 2.45) is 0 Å². The fraction of sp³-hybridized carbons (Fsp3) is 0.192. The molecule has 0 unspecified atom stereocenters. The Morgan fingerprint density at radius 3 is 2.28 bits per heavy atom. The van der Waals surface area contributed by atoms with E-state index in [9.17, 15) is 4.79 Å². The number of para-hydroxylation sites is 1. The third-order valence-electron chi connectivity index (χ3n) is 5.98. The van der Waals surface area contributed by atoms with E-state index < -0.39 is 0 Å². The molecule has 5 rings (SSSR count). The molecular formula is C26H25ClN4O. The lowest BCUT2D eigenvalue weighted by molar-refractivity contribution is 0.102. The van der Waals surface area contributed by atoms with E-state index in [0.29, 0.717) is 10.7 Å². The van der Waals surface area contributed by atoms with Gasteiger partial charge in [0.15, 0.2) is 0 Å². The number of nitrogens with one attached hydrogen (secondary N) is 2. The summed E-state index contributed by atoms with van der Waals surface area (Å²) in [5.41, 5.74) is 4.51. The Labute approximate surface area is 192 Å². The first-order chi connectivity index (χ1) is 15.7. The summed E-state index contributed by atoms with van der Waals surface area (Å²) in [6, 6.07) is 26.3. The van der Waals surface area contributed by atoms with Crippen LogP contribution in [0.4, 0.5) is 11.4 Å². The number of nitrogens with zero attached hydrogens (tertiary/aromatic N) is 2. The van der Waals surface area contributed by atoms with Crippen molar-refractivity contribution >= 4 is 39.8 Å². The highest BCUT2D eigenvalue weighted by Crippen LogP contribution is 2.28. The Morgan fingerprint density at radius 1 is 0.875 bits per heavy atom. The predicted octanol–water partition coefficient (Wildman–Crippen LogP) is 5.40. The normalized spacial score (nSPS) is 14.6. The number of halogens is 1. The zero-order chi connectivity index (χ0) is 21.9. The smallest absolute Gasteiger partial charge is 0.273 e. The van der Waals surface area contributed by atoms with Crippen LogP contribution in [0.25, 0.3) is 10.9 Å². The van der Waals surface area contributed by atoms with Crippen molar-refractivity contribution in [3.05, 3.63) is 95.1 Å². The summed E-state index contributed by atoms with van der Waals surface area (Å²) in [7, 11) is 0. The van der Waals surface area contributed by atoms with Gasteiger partial charge >= 0.3 is 0 Å². The topological polar surface area (TPSA) is 51.4 Å². The van der Waals surface area contributed by atoms with Gasteiger partial charge in [-0.2, -0.15) is 0 Å². The average Bonchev–Trinajstić information content (AvgIpc) is 3.18. The SMILES string of the molecule is O=C(Nc1ccc(N2CCN(Cc3ccccc3)CC2)cc1)c1[nH]c2ccccc2c1Cl. The zero-order valence-electron chi connectivity index (χ0n) is 17.7. The average molecular weight is 445 g/mol. The molecule has 0 bridgehead atoms. The number of piperazine rings is 1. The van der Waals surface area contributed by atoms with E-state index in [1.807, 2.05) is 36.4 Å². The maximum absolute atomic E-state index is 12.7. The Bertz CT molecular complexity index is 1210. The van der Waals surface area contributed by atoms with E-state index in [1.165, 1.54) is 11.3 Å². The van der Waals surface area contributed by atoms with Crippen molar-refractivity contribution in [3.8, 4) is 0 Å². The fourth-order valence-corrected chi connectivity index (χ4v) is 4.52. The summed E-state index contributed by atoms with van der Waals surface area (Å²) in [5.74, 6) is -0.242. The number of anilines is 2. The molecule has 32 heavy (non-hydrogen) atoms. The maximum Gasteiger partial charge on any atom is 0.273 e. The second-order valence-corrected chi connectivity index (χ2v) is 8.49. The lowest BCUT2D eigenvalue weighted by atomic mass is 10.2. The molecule has 162 valence electrons. The highest BCUT2D eigenvalue weighted by atomic mass is 35.5. The molecule has 0 radical (unpaired) electrons. The van der Waals surface area contributed by atoms with E-state index >= 15 is 0 Å². The molecule has 0 saturated carbocycles. The highest BCUT2D eigenvalue weighted by molar-refractivity contribution is 6.39. The number of hydrogen-bond acceptors (Lipinski definition) is 3. The van der Waals surface area contributed by atoms with E-state index in [-0.39, 0.29) is 5.91 Å². The van der Waals surface area contributed by atoms with Crippen LogP contribution in [0.1, 0.15) is 16.1 Å². The Balaban J connectivity index is 1.19. The third kappa shape index (κ3) is 4.35. The van der Waals surface area contributed by atoms with Crippen molar-refractivity contribution in [1.29, 1.82) is 0 Å². The van der Waals surface area contributed by atoms with Crippen molar-refractivity contribution in [3.63, 3.8) is 0 Å². The molecule has 2 N–H and O–H groups in total. The van der Waals surface area contributed by atoms with Crippen LogP contribution in [0.2, 0.25) is 5.02 Å². The number of hydrogen-bond donors (Lipinski definition) is 2. The molecule has 0 aliphatic carbocycles. The molecule has 1 saturated heterocycles. The Hall–Kier alpha value is -3.28. The highest BCUT2D eigenvalue weighted by Gasteiger charge is 2.18. The number of fused-ring (bicyclic) bond motifs is 1. The van der Waals surface area contributed by atoms with Crippen LogP contribution in [0.15, 0.2) is 78.9 Å². The van der Waals surface area contributed by atoms with Gasteiger partial charge < -0.3 is 15.2 Å². The number of benzene rings is 3. The van der Waals surface area contributed by atoms with Gasteiger partial charge in [-0.15, -0.1) is 0 Å². The number of aromatic nitrogens is 1. The van der Waals surface area contributed by atoms with Crippen LogP contribution in [0.3, 0.4) is 0 Å². The lowest BCUT2D eigenvalue weighted by Gasteiger charge is -2.36. The molecule has 2 heterocycles. The molecule has 1 aliphatic heterocycles. The van der Waals surface area contributed by atoms with Gasteiger partial charge in [0.2, 0.25) is 0 Å². The van der Waals surface area contributed by atoms with Gasteiger partial charge in [-0.05, 0) is 35.9 Å². The second-order valence-electron chi connectivity index (χ2n) is 8.11. The minimum absolute atomic E-state index is 0.242. The van der Waals surface area contributed by atoms with Gasteiger partial charge in [-0.25, -0.2) is 0 Å². The van der Waals surface area contributed by atoms with Crippen LogP contribution >= 0.6 is 11.6 Å². The van der Waals surface area contributed by atoms with Crippen LogP contribution in [-0.4, -0.2) is 42.0 Å². The molecule has 1 aliphatic rings. The van der Waals surface area contributed by atoms with Gasteiger partial charge in [-0.3, -0.25) is 9.69 Å². The van der Waals surface area contributed by atoms with Gasteiger partial charge in [-0.1, -0.05) is 60.1 Å². The summed E-state index contributed by atoms with van der Waals surface area (Å²) in [6.07, 6.45) is 0. The van der Waals surface area contributed by atoms with Gasteiger partial charge in [0.25, 0.3) is 5.91 Å². The molecule has 3 aromatic carbocycles. The molecule has 1 amide bonds. The van der Waals surface area contributed by atoms with Gasteiger partial charge in [0.1, 0.15) is 5.69 Å². The van der Waals surface area contributed by atoms with E-state index in [2.05, 4.69) is 62.6 Å². The van der Waals surface area contributed by atoms with E-state index in [0.717, 1.165) is 49.3 Å².